The topological polar surface area (TPSA) is 77.1 Å². The Hall–Kier alpha value is -3.48. The van der Waals surface area contributed by atoms with Gasteiger partial charge in [-0.3, -0.25) is 9.48 Å². The van der Waals surface area contributed by atoms with E-state index in [1.807, 2.05) is 49.6 Å². The number of amides is 1. The van der Waals surface area contributed by atoms with Gasteiger partial charge in [-0.25, -0.2) is 9.50 Å². The van der Waals surface area contributed by atoms with Crippen LogP contribution < -0.4 is 5.32 Å². The summed E-state index contributed by atoms with van der Waals surface area (Å²) < 4.78 is 3.47. The van der Waals surface area contributed by atoms with Crippen molar-refractivity contribution in [3.63, 3.8) is 0 Å². The van der Waals surface area contributed by atoms with E-state index in [2.05, 4.69) is 15.4 Å². The molecule has 0 unspecified atom stereocenters. The van der Waals surface area contributed by atoms with Gasteiger partial charge < -0.3 is 5.32 Å². The van der Waals surface area contributed by atoms with Crippen LogP contribution in [-0.2, 0) is 11.8 Å². The SMILES string of the molecule is Cn1nc(-c2ccccc2)c2c1NC(=O)C[C@@H]2c1cnn2cccnc12. The van der Waals surface area contributed by atoms with Crippen molar-refractivity contribution in [3.8, 4) is 11.3 Å². The molecule has 5 rings (SSSR count). The third kappa shape index (κ3) is 2.13. The van der Waals surface area contributed by atoms with Crippen molar-refractivity contribution in [1.29, 1.82) is 0 Å². The zero-order valence-electron chi connectivity index (χ0n) is 14.1. The molecule has 1 atom stereocenters. The summed E-state index contributed by atoms with van der Waals surface area (Å²) in [6, 6.07) is 11.9. The van der Waals surface area contributed by atoms with Crippen LogP contribution >= 0.6 is 0 Å². The number of anilines is 1. The smallest absolute Gasteiger partial charge is 0.226 e. The zero-order chi connectivity index (χ0) is 17.7. The van der Waals surface area contributed by atoms with E-state index in [-0.39, 0.29) is 11.8 Å². The van der Waals surface area contributed by atoms with E-state index < -0.39 is 0 Å². The van der Waals surface area contributed by atoms with E-state index in [1.165, 1.54) is 0 Å². The summed E-state index contributed by atoms with van der Waals surface area (Å²) >= 11 is 0. The molecule has 1 aromatic carbocycles. The van der Waals surface area contributed by atoms with E-state index in [1.54, 1.807) is 21.6 Å². The fraction of sp³-hybridized carbons (Fsp3) is 0.158. The number of rotatable bonds is 2. The monoisotopic (exact) mass is 344 g/mol. The number of fused-ring (bicyclic) bond motifs is 2. The standard InChI is InChI=1S/C19H16N6O/c1-24-19-16(17(23-24)12-6-3-2-4-7-12)13(10-15(26)22-19)14-11-21-25-9-5-8-20-18(14)25/h2-9,11,13H,10H2,1H3,(H,22,26)/t13-/m1/s1. The van der Waals surface area contributed by atoms with Crippen LogP contribution in [0, 0.1) is 0 Å². The molecular weight excluding hydrogens is 328 g/mol. The Morgan fingerprint density at radius 2 is 2.04 bits per heavy atom. The van der Waals surface area contributed by atoms with Crippen LogP contribution in [0.15, 0.2) is 55.0 Å². The fourth-order valence-electron chi connectivity index (χ4n) is 3.66. The molecule has 1 N–H and O–H groups in total. The first kappa shape index (κ1) is 14.8. The van der Waals surface area contributed by atoms with E-state index >= 15 is 0 Å². The van der Waals surface area contributed by atoms with Gasteiger partial charge >= 0.3 is 0 Å². The highest BCUT2D eigenvalue weighted by atomic mass is 16.1. The van der Waals surface area contributed by atoms with Crippen LogP contribution in [0.1, 0.15) is 23.5 Å². The lowest BCUT2D eigenvalue weighted by Gasteiger charge is -2.23. The Kier molecular flexibility index (Phi) is 3.15. The number of aryl methyl sites for hydroxylation is 1. The minimum atomic E-state index is -0.143. The quantitative estimate of drug-likeness (QED) is 0.606. The molecule has 0 bridgehead atoms. The summed E-state index contributed by atoms with van der Waals surface area (Å²) in [4.78, 5) is 16.8. The van der Waals surface area contributed by atoms with Crippen molar-refractivity contribution in [2.75, 3.05) is 5.32 Å². The van der Waals surface area contributed by atoms with Gasteiger partial charge in [0.2, 0.25) is 5.91 Å². The predicted molar refractivity (Wildman–Crippen MR) is 96.7 cm³/mol. The Morgan fingerprint density at radius 1 is 1.19 bits per heavy atom. The number of hydrogen-bond acceptors (Lipinski definition) is 4. The first-order valence-electron chi connectivity index (χ1n) is 8.43. The molecule has 1 amide bonds. The van der Waals surface area contributed by atoms with Crippen LogP contribution in [0.4, 0.5) is 5.82 Å². The molecule has 0 saturated heterocycles. The first-order chi connectivity index (χ1) is 12.7. The molecule has 0 spiro atoms. The summed E-state index contributed by atoms with van der Waals surface area (Å²) in [6.45, 7) is 0. The van der Waals surface area contributed by atoms with Gasteiger partial charge in [0.15, 0.2) is 5.65 Å². The average molecular weight is 344 g/mol. The second-order valence-corrected chi connectivity index (χ2v) is 6.39. The molecule has 0 fully saturated rings. The number of nitrogens with zero attached hydrogens (tertiary/aromatic N) is 5. The molecule has 1 aliphatic rings. The van der Waals surface area contributed by atoms with Crippen LogP contribution in [0.25, 0.3) is 16.9 Å². The number of benzene rings is 1. The van der Waals surface area contributed by atoms with Crippen molar-refractivity contribution in [2.24, 2.45) is 7.05 Å². The van der Waals surface area contributed by atoms with Crippen molar-refractivity contribution >= 4 is 17.4 Å². The van der Waals surface area contributed by atoms with Crippen molar-refractivity contribution in [1.82, 2.24) is 24.4 Å². The molecule has 3 aromatic heterocycles. The summed E-state index contributed by atoms with van der Waals surface area (Å²) in [7, 11) is 1.85. The minimum absolute atomic E-state index is 0.0274. The summed E-state index contributed by atoms with van der Waals surface area (Å²) in [5, 5.41) is 12.1. The first-order valence-corrected chi connectivity index (χ1v) is 8.43. The highest BCUT2D eigenvalue weighted by Gasteiger charge is 2.35. The maximum Gasteiger partial charge on any atom is 0.226 e. The second-order valence-electron chi connectivity index (χ2n) is 6.39. The number of hydrogen-bond donors (Lipinski definition) is 1. The molecule has 7 heteroatoms. The highest BCUT2D eigenvalue weighted by molar-refractivity contribution is 5.96. The summed E-state index contributed by atoms with van der Waals surface area (Å²) in [5.41, 5.74) is 4.62. The average Bonchev–Trinajstić information content (AvgIpc) is 3.24. The van der Waals surface area contributed by atoms with Gasteiger partial charge in [0, 0.05) is 48.5 Å². The number of carbonyl (C=O) groups excluding carboxylic acids is 1. The number of nitrogens with one attached hydrogen (secondary N) is 1. The van der Waals surface area contributed by atoms with Crippen molar-refractivity contribution < 1.29 is 4.79 Å². The molecule has 1 aliphatic heterocycles. The van der Waals surface area contributed by atoms with Gasteiger partial charge in [0.05, 0.1) is 11.9 Å². The van der Waals surface area contributed by atoms with E-state index in [4.69, 9.17) is 5.10 Å². The molecule has 0 saturated carbocycles. The van der Waals surface area contributed by atoms with Crippen LogP contribution in [0.5, 0.6) is 0 Å². The molecule has 4 heterocycles. The molecule has 0 aliphatic carbocycles. The van der Waals surface area contributed by atoms with E-state index in [0.717, 1.165) is 33.8 Å². The van der Waals surface area contributed by atoms with Crippen LogP contribution in [0.3, 0.4) is 0 Å². The fourth-order valence-corrected chi connectivity index (χ4v) is 3.66. The maximum absolute atomic E-state index is 12.4. The van der Waals surface area contributed by atoms with Crippen molar-refractivity contribution in [3.05, 3.63) is 66.1 Å². The number of carbonyl (C=O) groups is 1. The molecule has 7 nitrogen and oxygen atoms in total. The summed E-state index contributed by atoms with van der Waals surface area (Å²) in [6.07, 6.45) is 5.75. The normalized spacial score (nSPS) is 16.5. The third-order valence-electron chi connectivity index (χ3n) is 4.81. The highest BCUT2D eigenvalue weighted by Crippen LogP contribution is 2.43. The van der Waals surface area contributed by atoms with E-state index in [9.17, 15) is 4.79 Å². The predicted octanol–water partition coefficient (Wildman–Crippen LogP) is 2.60. The lowest BCUT2D eigenvalue weighted by molar-refractivity contribution is -0.116. The van der Waals surface area contributed by atoms with Gasteiger partial charge in [0.1, 0.15) is 5.82 Å². The zero-order valence-corrected chi connectivity index (χ0v) is 14.1. The third-order valence-corrected chi connectivity index (χ3v) is 4.81. The van der Waals surface area contributed by atoms with Crippen molar-refractivity contribution in [2.45, 2.75) is 12.3 Å². The van der Waals surface area contributed by atoms with Gasteiger partial charge in [-0.2, -0.15) is 10.2 Å². The van der Waals surface area contributed by atoms with Gasteiger partial charge in [-0.1, -0.05) is 30.3 Å². The molecule has 0 radical (unpaired) electrons. The molecule has 26 heavy (non-hydrogen) atoms. The van der Waals surface area contributed by atoms with Gasteiger partial charge in [-0.15, -0.1) is 0 Å². The second kappa shape index (κ2) is 5.52. The Bertz CT molecular complexity index is 1130. The Morgan fingerprint density at radius 3 is 2.88 bits per heavy atom. The molecular formula is C19H16N6O. The Labute approximate surface area is 149 Å². The maximum atomic E-state index is 12.4. The van der Waals surface area contributed by atoms with Crippen LogP contribution in [-0.4, -0.2) is 30.3 Å². The minimum Gasteiger partial charge on any atom is -0.311 e. The largest absolute Gasteiger partial charge is 0.311 e. The van der Waals surface area contributed by atoms with Gasteiger partial charge in [-0.05, 0) is 6.07 Å². The number of aromatic nitrogens is 5. The lowest BCUT2D eigenvalue weighted by atomic mass is 9.85. The molecule has 4 aromatic rings. The lowest BCUT2D eigenvalue weighted by Crippen LogP contribution is -2.24. The van der Waals surface area contributed by atoms with Gasteiger partial charge in [0.25, 0.3) is 0 Å². The van der Waals surface area contributed by atoms with Crippen LogP contribution in [0.2, 0.25) is 0 Å². The van der Waals surface area contributed by atoms with E-state index in [0.29, 0.717) is 6.42 Å². The summed E-state index contributed by atoms with van der Waals surface area (Å²) in [5.74, 6) is 0.566. The Balaban J connectivity index is 1.76. The molecule has 128 valence electrons.